The van der Waals surface area contributed by atoms with E-state index in [1.165, 1.54) is 17.6 Å². The lowest BCUT2D eigenvalue weighted by atomic mass is 10.1. The molecule has 0 saturated carbocycles. The van der Waals surface area contributed by atoms with Gasteiger partial charge >= 0.3 is 0 Å². The Morgan fingerprint density at radius 3 is 3.13 bits per heavy atom. The summed E-state index contributed by atoms with van der Waals surface area (Å²) in [5.41, 5.74) is 1.33. The lowest BCUT2D eigenvalue weighted by Gasteiger charge is -2.27. The first-order chi connectivity index (χ1) is 11.2. The summed E-state index contributed by atoms with van der Waals surface area (Å²) in [5, 5.41) is 3.46. The molecule has 2 aromatic heterocycles. The molecule has 1 fully saturated rings. The van der Waals surface area contributed by atoms with Gasteiger partial charge < -0.3 is 15.2 Å². The predicted molar refractivity (Wildman–Crippen MR) is 87.6 cm³/mol. The number of hydrogen-bond donors (Lipinski definition) is 2. The van der Waals surface area contributed by atoms with E-state index < -0.39 is 0 Å². The Morgan fingerprint density at radius 1 is 1.39 bits per heavy atom. The maximum atomic E-state index is 12.7. The topological polar surface area (TPSA) is 78.1 Å². The maximum absolute atomic E-state index is 12.7. The summed E-state index contributed by atoms with van der Waals surface area (Å²) in [6, 6.07) is 4.37. The molecule has 0 spiro atoms. The van der Waals surface area contributed by atoms with Gasteiger partial charge in [-0.05, 0) is 37.9 Å². The van der Waals surface area contributed by atoms with Crippen molar-refractivity contribution in [1.82, 2.24) is 20.2 Å². The number of nitrogens with one attached hydrogen (secondary N) is 2. The molecule has 6 nitrogen and oxygen atoms in total. The lowest BCUT2D eigenvalue weighted by molar-refractivity contribution is 0.0736. The van der Waals surface area contributed by atoms with Crippen molar-refractivity contribution in [2.24, 2.45) is 0 Å². The van der Waals surface area contributed by atoms with Gasteiger partial charge in [0.1, 0.15) is 0 Å². The highest BCUT2D eigenvalue weighted by molar-refractivity contribution is 7.14. The molecule has 1 amide bonds. The van der Waals surface area contributed by atoms with Crippen LogP contribution in [0.5, 0.6) is 0 Å². The molecule has 1 unspecified atom stereocenters. The van der Waals surface area contributed by atoms with Crippen LogP contribution in [0.4, 0.5) is 0 Å². The molecule has 4 heterocycles. The Balaban J connectivity index is 1.52. The van der Waals surface area contributed by atoms with Crippen molar-refractivity contribution in [1.29, 1.82) is 0 Å². The quantitative estimate of drug-likeness (QED) is 0.874. The minimum Gasteiger partial charge on any atom is -0.332 e. The standard InChI is InChI=1S/C16H18N4O2S/c21-15-10-5-7-20(8-12(10)18-9-19-15)16(22)14-4-3-13(23-14)11-2-1-6-17-11/h3-4,9,11,17H,1-2,5-8H2,(H,18,19,21). The fourth-order valence-electron chi connectivity index (χ4n) is 3.28. The third kappa shape index (κ3) is 2.70. The number of carbonyl (C=O) groups excluding carboxylic acids is 1. The van der Waals surface area contributed by atoms with Crippen LogP contribution in [-0.4, -0.2) is 33.9 Å². The van der Waals surface area contributed by atoms with Gasteiger partial charge in [0.2, 0.25) is 0 Å². The van der Waals surface area contributed by atoms with Crippen molar-refractivity contribution in [3.63, 3.8) is 0 Å². The number of fused-ring (bicyclic) bond motifs is 1. The van der Waals surface area contributed by atoms with Crippen LogP contribution in [0.3, 0.4) is 0 Å². The number of thiophene rings is 1. The van der Waals surface area contributed by atoms with Crippen LogP contribution in [0.2, 0.25) is 0 Å². The first kappa shape index (κ1) is 14.6. The molecule has 7 heteroatoms. The largest absolute Gasteiger partial charge is 0.332 e. The average molecular weight is 330 g/mol. The molecule has 23 heavy (non-hydrogen) atoms. The van der Waals surface area contributed by atoms with Crippen molar-refractivity contribution in [2.45, 2.75) is 31.8 Å². The van der Waals surface area contributed by atoms with Gasteiger partial charge in [0, 0.05) is 23.0 Å². The molecule has 0 aromatic carbocycles. The summed E-state index contributed by atoms with van der Waals surface area (Å²) in [7, 11) is 0. The van der Waals surface area contributed by atoms with Gasteiger partial charge in [-0.15, -0.1) is 11.3 Å². The number of aromatic amines is 1. The summed E-state index contributed by atoms with van der Waals surface area (Å²) >= 11 is 1.57. The smallest absolute Gasteiger partial charge is 0.264 e. The normalized spacial score (nSPS) is 20.5. The van der Waals surface area contributed by atoms with E-state index in [1.54, 1.807) is 16.2 Å². The van der Waals surface area contributed by atoms with E-state index in [9.17, 15) is 9.59 Å². The first-order valence-corrected chi connectivity index (χ1v) is 8.72. The highest BCUT2D eigenvalue weighted by atomic mass is 32.1. The summed E-state index contributed by atoms with van der Waals surface area (Å²) < 4.78 is 0. The Morgan fingerprint density at radius 2 is 2.30 bits per heavy atom. The van der Waals surface area contributed by atoms with Gasteiger partial charge in [0.15, 0.2) is 0 Å². The molecule has 1 saturated heterocycles. The average Bonchev–Trinajstić information content (AvgIpc) is 3.25. The summed E-state index contributed by atoms with van der Waals surface area (Å²) in [6.07, 6.45) is 4.30. The van der Waals surface area contributed by atoms with Crippen molar-refractivity contribution >= 4 is 17.2 Å². The van der Waals surface area contributed by atoms with E-state index in [1.807, 2.05) is 6.07 Å². The predicted octanol–water partition coefficient (Wildman–Crippen LogP) is 1.45. The summed E-state index contributed by atoms with van der Waals surface area (Å²) in [4.78, 5) is 35.1. The third-order valence-corrected chi connectivity index (χ3v) is 5.73. The molecule has 2 N–H and O–H groups in total. The van der Waals surface area contributed by atoms with E-state index in [2.05, 4.69) is 21.4 Å². The van der Waals surface area contributed by atoms with Crippen LogP contribution in [0.25, 0.3) is 0 Å². The fraction of sp³-hybridized carbons (Fsp3) is 0.438. The zero-order valence-corrected chi connectivity index (χ0v) is 13.5. The van der Waals surface area contributed by atoms with E-state index in [0.717, 1.165) is 17.8 Å². The molecular weight excluding hydrogens is 312 g/mol. The second-order valence-corrected chi connectivity index (χ2v) is 7.10. The van der Waals surface area contributed by atoms with Crippen molar-refractivity contribution in [2.75, 3.05) is 13.1 Å². The highest BCUT2D eigenvalue weighted by Crippen LogP contribution is 2.30. The third-order valence-electron chi connectivity index (χ3n) is 4.54. The second kappa shape index (κ2) is 5.90. The molecule has 4 rings (SSSR count). The summed E-state index contributed by atoms with van der Waals surface area (Å²) in [6.45, 7) is 2.03. The minimum absolute atomic E-state index is 0.0342. The Bertz CT molecular complexity index is 791. The zero-order chi connectivity index (χ0) is 15.8. The number of aromatic nitrogens is 2. The molecule has 0 bridgehead atoms. The van der Waals surface area contributed by atoms with Gasteiger partial charge in [-0.2, -0.15) is 0 Å². The van der Waals surface area contributed by atoms with Crippen LogP contribution in [0, 0.1) is 0 Å². The number of amides is 1. The molecule has 2 aromatic rings. The van der Waals surface area contributed by atoms with Gasteiger partial charge in [-0.3, -0.25) is 9.59 Å². The van der Waals surface area contributed by atoms with Crippen LogP contribution >= 0.6 is 11.3 Å². The number of carbonyl (C=O) groups is 1. The van der Waals surface area contributed by atoms with Crippen molar-refractivity contribution in [3.05, 3.63) is 49.8 Å². The first-order valence-electron chi connectivity index (χ1n) is 7.90. The van der Waals surface area contributed by atoms with E-state index in [4.69, 9.17) is 0 Å². The lowest BCUT2D eigenvalue weighted by Crippen LogP contribution is -2.38. The van der Waals surface area contributed by atoms with E-state index >= 15 is 0 Å². The van der Waals surface area contributed by atoms with Crippen LogP contribution in [0.15, 0.2) is 23.3 Å². The molecule has 0 radical (unpaired) electrons. The van der Waals surface area contributed by atoms with E-state index in [-0.39, 0.29) is 11.5 Å². The second-order valence-electron chi connectivity index (χ2n) is 5.98. The Labute approximate surface area is 137 Å². The van der Waals surface area contributed by atoms with Crippen molar-refractivity contribution < 1.29 is 4.79 Å². The molecule has 2 aliphatic heterocycles. The fourth-order valence-corrected chi connectivity index (χ4v) is 4.36. The van der Waals surface area contributed by atoms with Gasteiger partial charge in [0.25, 0.3) is 11.5 Å². The SMILES string of the molecule is O=C(c1ccc(C2CCCN2)s1)N1CCc2c(nc[nH]c2=O)C1. The molecule has 0 aliphatic carbocycles. The molecule has 2 aliphatic rings. The number of hydrogen-bond acceptors (Lipinski definition) is 5. The van der Waals surface area contributed by atoms with Gasteiger partial charge in [-0.1, -0.05) is 0 Å². The Hall–Kier alpha value is -1.99. The van der Waals surface area contributed by atoms with Gasteiger partial charge in [-0.25, -0.2) is 4.98 Å². The zero-order valence-electron chi connectivity index (χ0n) is 12.7. The monoisotopic (exact) mass is 330 g/mol. The van der Waals surface area contributed by atoms with E-state index in [0.29, 0.717) is 36.8 Å². The van der Waals surface area contributed by atoms with Crippen LogP contribution in [0.1, 0.15) is 44.7 Å². The maximum Gasteiger partial charge on any atom is 0.264 e. The number of H-pyrrole nitrogens is 1. The van der Waals surface area contributed by atoms with Gasteiger partial charge in [0.05, 0.1) is 23.4 Å². The molecular formula is C16H18N4O2S. The number of rotatable bonds is 2. The summed E-state index contributed by atoms with van der Waals surface area (Å²) in [5.74, 6) is 0.0342. The van der Waals surface area contributed by atoms with Crippen molar-refractivity contribution in [3.8, 4) is 0 Å². The molecule has 1 atom stereocenters. The number of nitrogens with zero attached hydrogens (tertiary/aromatic N) is 2. The van der Waals surface area contributed by atoms with Crippen LogP contribution < -0.4 is 10.9 Å². The highest BCUT2D eigenvalue weighted by Gasteiger charge is 2.26. The van der Waals surface area contributed by atoms with Crippen LogP contribution in [-0.2, 0) is 13.0 Å². The molecule has 120 valence electrons. The minimum atomic E-state index is -0.0900. The Kier molecular flexibility index (Phi) is 3.74.